The summed E-state index contributed by atoms with van der Waals surface area (Å²) in [5.74, 6) is -0.376. The fourth-order valence-electron chi connectivity index (χ4n) is 4.33. The van der Waals surface area contributed by atoms with Crippen molar-refractivity contribution in [3.8, 4) is 0 Å². The van der Waals surface area contributed by atoms with Gasteiger partial charge < -0.3 is 10.6 Å². The minimum absolute atomic E-state index is 0.115. The molecule has 0 bridgehead atoms. The highest BCUT2D eigenvalue weighted by molar-refractivity contribution is 6.09. The van der Waals surface area contributed by atoms with E-state index in [-0.39, 0.29) is 24.3 Å². The van der Waals surface area contributed by atoms with Gasteiger partial charge in [-0.3, -0.25) is 14.5 Å². The molecular weight excluding hydrogens is 318 g/mol. The van der Waals surface area contributed by atoms with Crippen molar-refractivity contribution < 1.29 is 14.4 Å². The number of rotatable bonds is 5. The van der Waals surface area contributed by atoms with Gasteiger partial charge in [0.15, 0.2) is 0 Å². The van der Waals surface area contributed by atoms with Gasteiger partial charge in [0, 0.05) is 6.54 Å². The Bertz CT molecular complexity index is 586. The van der Waals surface area contributed by atoms with Crippen molar-refractivity contribution in [1.29, 1.82) is 0 Å². The van der Waals surface area contributed by atoms with Crippen molar-refractivity contribution in [2.24, 2.45) is 5.92 Å². The van der Waals surface area contributed by atoms with E-state index >= 15 is 0 Å². The number of carbonyl (C=O) groups excluding carboxylic acids is 3. The summed E-state index contributed by atoms with van der Waals surface area (Å²) in [4.78, 5) is 38.4. The molecule has 3 rings (SSSR count). The summed E-state index contributed by atoms with van der Waals surface area (Å²) in [6.07, 6.45) is 11.5. The van der Waals surface area contributed by atoms with E-state index in [9.17, 15) is 14.4 Å². The second-order valence-electron chi connectivity index (χ2n) is 7.65. The van der Waals surface area contributed by atoms with Gasteiger partial charge in [-0.05, 0) is 50.9 Å². The van der Waals surface area contributed by atoms with Gasteiger partial charge in [-0.1, -0.05) is 31.4 Å². The van der Waals surface area contributed by atoms with Gasteiger partial charge in [0.25, 0.3) is 5.91 Å². The Hall–Kier alpha value is -1.85. The standard InChI is InChI=1S/C19H29N3O3/c1-14-7-5-6-11-19(14)17(24)22(18(25)21-19)13-16(23)20-12-10-15-8-3-2-4-9-15/h8,14H,2-7,9-13H2,1H3,(H,20,23)(H,21,25). The number of urea groups is 1. The summed E-state index contributed by atoms with van der Waals surface area (Å²) in [6.45, 7) is 2.40. The molecule has 1 heterocycles. The second kappa shape index (κ2) is 7.58. The number of amides is 4. The van der Waals surface area contributed by atoms with Crippen molar-refractivity contribution in [1.82, 2.24) is 15.5 Å². The van der Waals surface area contributed by atoms with Crippen LogP contribution in [0, 0.1) is 5.92 Å². The number of imide groups is 1. The molecule has 4 amide bonds. The predicted octanol–water partition coefficient (Wildman–Crippen LogP) is 2.49. The third-order valence-electron chi connectivity index (χ3n) is 5.96. The molecule has 1 saturated carbocycles. The normalized spacial score (nSPS) is 29.6. The van der Waals surface area contributed by atoms with Gasteiger partial charge in [-0.15, -0.1) is 0 Å². The molecule has 2 fully saturated rings. The van der Waals surface area contributed by atoms with E-state index in [0.717, 1.165) is 43.4 Å². The Morgan fingerprint density at radius 2 is 2.16 bits per heavy atom. The predicted molar refractivity (Wildman–Crippen MR) is 94.8 cm³/mol. The van der Waals surface area contributed by atoms with Gasteiger partial charge in [0.2, 0.25) is 5.91 Å². The van der Waals surface area contributed by atoms with Crippen LogP contribution in [0.1, 0.15) is 64.7 Å². The highest BCUT2D eigenvalue weighted by Crippen LogP contribution is 2.38. The van der Waals surface area contributed by atoms with Crippen molar-refractivity contribution in [2.75, 3.05) is 13.1 Å². The van der Waals surface area contributed by atoms with Crippen LogP contribution < -0.4 is 10.6 Å². The van der Waals surface area contributed by atoms with Gasteiger partial charge in [-0.25, -0.2) is 4.79 Å². The van der Waals surface area contributed by atoms with Crippen LogP contribution in [0.25, 0.3) is 0 Å². The maximum absolute atomic E-state index is 12.8. The summed E-state index contributed by atoms with van der Waals surface area (Å²) >= 11 is 0. The summed E-state index contributed by atoms with van der Waals surface area (Å²) in [5.41, 5.74) is 0.610. The molecule has 0 aromatic carbocycles. The van der Waals surface area contributed by atoms with E-state index in [1.807, 2.05) is 6.92 Å². The second-order valence-corrected chi connectivity index (χ2v) is 7.65. The summed E-state index contributed by atoms with van der Waals surface area (Å²) in [7, 11) is 0. The van der Waals surface area contributed by atoms with Crippen molar-refractivity contribution >= 4 is 17.8 Å². The Kier molecular flexibility index (Phi) is 5.45. The van der Waals surface area contributed by atoms with Crippen molar-refractivity contribution in [3.05, 3.63) is 11.6 Å². The average molecular weight is 347 g/mol. The molecule has 0 radical (unpaired) electrons. The van der Waals surface area contributed by atoms with E-state index in [0.29, 0.717) is 13.0 Å². The Morgan fingerprint density at radius 1 is 1.32 bits per heavy atom. The first-order valence-corrected chi connectivity index (χ1v) is 9.61. The van der Waals surface area contributed by atoms with Crippen LogP contribution in [0.3, 0.4) is 0 Å². The molecule has 1 saturated heterocycles. The zero-order chi connectivity index (χ0) is 17.9. The lowest BCUT2D eigenvalue weighted by Crippen LogP contribution is -2.54. The first-order chi connectivity index (χ1) is 12.0. The van der Waals surface area contributed by atoms with Crippen LogP contribution in [-0.2, 0) is 9.59 Å². The minimum atomic E-state index is -0.789. The molecule has 6 heteroatoms. The molecule has 2 aliphatic carbocycles. The number of nitrogens with zero attached hydrogens (tertiary/aromatic N) is 1. The molecule has 2 atom stereocenters. The average Bonchev–Trinajstić information content (AvgIpc) is 2.84. The fourth-order valence-corrected chi connectivity index (χ4v) is 4.33. The van der Waals surface area contributed by atoms with E-state index < -0.39 is 11.6 Å². The van der Waals surface area contributed by atoms with Crippen LogP contribution in [0.2, 0.25) is 0 Å². The topological polar surface area (TPSA) is 78.5 Å². The van der Waals surface area contributed by atoms with Crippen LogP contribution in [0.5, 0.6) is 0 Å². The molecule has 2 N–H and O–H groups in total. The first kappa shape index (κ1) is 18.0. The number of carbonyl (C=O) groups is 3. The summed E-state index contributed by atoms with van der Waals surface area (Å²) in [6, 6.07) is -0.427. The molecule has 25 heavy (non-hydrogen) atoms. The highest BCUT2D eigenvalue weighted by Gasteiger charge is 2.55. The quantitative estimate of drug-likeness (QED) is 0.592. The van der Waals surface area contributed by atoms with Crippen molar-refractivity contribution in [3.63, 3.8) is 0 Å². The van der Waals surface area contributed by atoms with Crippen LogP contribution in [-0.4, -0.2) is 41.4 Å². The highest BCUT2D eigenvalue weighted by atomic mass is 16.2. The number of allylic oxidation sites excluding steroid dienone is 1. The Morgan fingerprint density at radius 3 is 2.88 bits per heavy atom. The minimum Gasteiger partial charge on any atom is -0.354 e. The third-order valence-corrected chi connectivity index (χ3v) is 5.96. The molecule has 138 valence electrons. The smallest absolute Gasteiger partial charge is 0.325 e. The lowest BCUT2D eigenvalue weighted by molar-refractivity contribution is -0.137. The van der Waals surface area contributed by atoms with Crippen LogP contribution in [0.4, 0.5) is 4.79 Å². The van der Waals surface area contributed by atoms with Crippen LogP contribution in [0.15, 0.2) is 11.6 Å². The first-order valence-electron chi connectivity index (χ1n) is 9.61. The maximum Gasteiger partial charge on any atom is 0.325 e. The molecule has 0 aromatic rings. The van der Waals surface area contributed by atoms with Crippen LogP contribution >= 0.6 is 0 Å². The monoisotopic (exact) mass is 347 g/mol. The molecule has 1 aliphatic heterocycles. The van der Waals surface area contributed by atoms with Gasteiger partial charge in [0.05, 0.1) is 0 Å². The zero-order valence-electron chi connectivity index (χ0n) is 15.1. The van der Waals surface area contributed by atoms with E-state index in [1.54, 1.807) is 0 Å². The lowest BCUT2D eigenvalue weighted by atomic mass is 9.73. The molecule has 3 aliphatic rings. The number of nitrogens with one attached hydrogen (secondary N) is 2. The van der Waals surface area contributed by atoms with E-state index in [2.05, 4.69) is 16.7 Å². The maximum atomic E-state index is 12.8. The molecule has 2 unspecified atom stereocenters. The SMILES string of the molecule is CC1CCCCC12NC(=O)N(CC(=O)NCCC1=CCCCC1)C2=O. The third kappa shape index (κ3) is 3.72. The number of hydrogen-bond acceptors (Lipinski definition) is 3. The number of hydrogen-bond donors (Lipinski definition) is 2. The van der Waals surface area contributed by atoms with Gasteiger partial charge in [-0.2, -0.15) is 0 Å². The Labute approximate surface area is 149 Å². The Balaban J connectivity index is 1.51. The van der Waals surface area contributed by atoms with Crippen molar-refractivity contribution in [2.45, 2.75) is 70.3 Å². The fraction of sp³-hybridized carbons (Fsp3) is 0.737. The summed E-state index contributed by atoms with van der Waals surface area (Å²) in [5, 5.41) is 5.73. The lowest BCUT2D eigenvalue weighted by Gasteiger charge is -2.36. The summed E-state index contributed by atoms with van der Waals surface area (Å²) < 4.78 is 0. The molecule has 1 spiro atoms. The zero-order valence-corrected chi connectivity index (χ0v) is 15.1. The van der Waals surface area contributed by atoms with E-state index in [1.165, 1.54) is 18.4 Å². The van der Waals surface area contributed by atoms with Gasteiger partial charge >= 0.3 is 6.03 Å². The van der Waals surface area contributed by atoms with Gasteiger partial charge in [0.1, 0.15) is 12.1 Å². The van der Waals surface area contributed by atoms with E-state index in [4.69, 9.17) is 0 Å². The molecule has 6 nitrogen and oxygen atoms in total. The largest absolute Gasteiger partial charge is 0.354 e. The molecule has 0 aromatic heterocycles. The molecular formula is C19H29N3O3.